The van der Waals surface area contributed by atoms with Crippen molar-refractivity contribution in [1.82, 2.24) is 0 Å². The molecule has 0 aliphatic rings. The van der Waals surface area contributed by atoms with Gasteiger partial charge in [0.25, 0.3) is 11.2 Å². The zero-order valence-corrected chi connectivity index (χ0v) is 14.4. The van der Waals surface area contributed by atoms with Crippen molar-refractivity contribution in [2.45, 2.75) is 35.9 Å². The zero-order valence-electron chi connectivity index (χ0n) is 14.4. The van der Waals surface area contributed by atoms with E-state index in [4.69, 9.17) is 5.73 Å². The molecule has 0 amide bonds. The van der Waals surface area contributed by atoms with Gasteiger partial charge in [-0.05, 0) is 11.5 Å². The zero-order chi connectivity index (χ0) is 24.4. The van der Waals surface area contributed by atoms with E-state index in [9.17, 15) is 62.9 Å². The minimum atomic E-state index is -6.33. The quantitative estimate of drug-likeness (QED) is 0.421. The van der Waals surface area contributed by atoms with Crippen molar-refractivity contribution >= 4 is 16.5 Å². The van der Waals surface area contributed by atoms with Crippen LogP contribution in [0, 0.1) is 0 Å². The molecule has 2 aromatic carbocycles. The van der Waals surface area contributed by atoms with Crippen molar-refractivity contribution in [3.05, 3.63) is 41.5 Å². The highest BCUT2D eigenvalue weighted by atomic mass is 19.4. The van der Waals surface area contributed by atoms with Crippen LogP contribution in [0.3, 0.4) is 0 Å². The largest absolute Gasteiger partial charge is 0.430 e. The first-order valence-corrected chi connectivity index (χ1v) is 7.65. The molecule has 174 valence electrons. The number of alkyl halides is 12. The Morgan fingerprint density at radius 2 is 1.00 bits per heavy atom. The lowest BCUT2D eigenvalue weighted by Crippen LogP contribution is -2.54. The van der Waals surface area contributed by atoms with Crippen LogP contribution in [0.2, 0.25) is 0 Å². The van der Waals surface area contributed by atoms with Gasteiger partial charge < -0.3 is 15.9 Å². The van der Waals surface area contributed by atoms with Crippen molar-refractivity contribution in [2.75, 3.05) is 5.73 Å². The van der Waals surface area contributed by atoms with E-state index in [2.05, 4.69) is 0 Å². The first kappa shape index (κ1) is 24.8. The molecule has 0 aliphatic carbocycles. The van der Waals surface area contributed by atoms with E-state index in [1.807, 2.05) is 0 Å². The Bertz CT molecular complexity index is 959. The summed E-state index contributed by atoms with van der Waals surface area (Å²) in [5.74, 6) is 0. The second kappa shape index (κ2) is 6.79. The van der Waals surface area contributed by atoms with Gasteiger partial charge in [-0.1, -0.05) is 24.3 Å². The molecule has 3 nitrogen and oxygen atoms in total. The van der Waals surface area contributed by atoms with Gasteiger partial charge in [0.2, 0.25) is 0 Å². The third-order valence-electron chi connectivity index (χ3n) is 4.51. The monoisotopic (exact) mass is 475 g/mol. The molecule has 0 atom stereocenters. The molecule has 4 N–H and O–H groups in total. The van der Waals surface area contributed by atoms with E-state index in [0.29, 0.717) is 6.07 Å². The summed E-state index contributed by atoms with van der Waals surface area (Å²) in [7, 11) is 0. The fourth-order valence-corrected chi connectivity index (χ4v) is 2.85. The molecular weight excluding hydrogens is 466 g/mol. The molecule has 0 unspecified atom stereocenters. The number of halogens is 12. The number of nitrogen functional groups attached to an aromatic ring is 1. The third kappa shape index (κ3) is 3.52. The highest BCUT2D eigenvalue weighted by Gasteiger charge is 2.73. The van der Waals surface area contributed by atoms with Gasteiger partial charge in [-0.2, -0.15) is 52.7 Å². The van der Waals surface area contributed by atoms with Crippen LogP contribution in [0.15, 0.2) is 30.3 Å². The Morgan fingerprint density at radius 1 is 0.581 bits per heavy atom. The molecule has 0 heterocycles. The average molecular weight is 475 g/mol. The molecule has 0 aromatic heterocycles. The van der Waals surface area contributed by atoms with Crippen LogP contribution in [0.4, 0.5) is 58.4 Å². The van der Waals surface area contributed by atoms with E-state index >= 15 is 0 Å². The first-order chi connectivity index (χ1) is 13.6. The lowest BCUT2D eigenvalue weighted by atomic mass is 9.86. The number of fused-ring (bicyclic) bond motifs is 1. The number of aliphatic hydroxyl groups is 2. The Hall–Kier alpha value is -2.42. The summed E-state index contributed by atoms with van der Waals surface area (Å²) in [6.07, 6.45) is -25.2. The topological polar surface area (TPSA) is 66.5 Å². The van der Waals surface area contributed by atoms with E-state index in [1.54, 1.807) is 0 Å². The molecule has 15 heteroatoms. The van der Waals surface area contributed by atoms with E-state index in [-0.39, 0.29) is 24.3 Å². The van der Waals surface area contributed by atoms with Crippen LogP contribution in [0.1, 0.15) is 11.1 Å². The second-order valence-corrected chi connectivity index (χ2v) is 6.37. The molecule has 0 bridgehead atoms. The predicted octanol–water partition coefficient (Wildman–Crippen LogP) is 5.05. The summed E-state index contributed by atoms with van der Waals surface area (Å²) in [5, 5.41) is 17.2. The normalized spacial score (nSPS) is 14.9. The number of rotatable bonds is 2. The van der Waals surface area contributed by atoms with Crippen molar-refractivity contribution in [2.24, 2.45) is 0 Å². The standard InChI is InChI=1S/C16H9F12NO2/c17-13(18,19)11(30,14(20,21)22)7-2-3-8-6(5-7)1-4-9(10(8)29)12(31,15(23,24)25)16(26,27)28/h1-5,30-31H,29H2. The van der Waals surface area contributed by atoms with Gasteiger partial charge in [-0.25, -0.2) is 0 Å². The van der Waals surface area contributed by atoms with Gasteiger partial charge in [0.15, 0.2) is 0 Å². The lowest BCUT2D eigenvalue weighted by molar-refractivity contribution is -0.376. The molecule has 0 aliphatic heterocycles. The Balaban J connectivity index is 2.83. The molecule has 0 radical (unpaired) electrons. The summed E-state index contributed by atoms with van der Waals surface area (Å²) in [4.78, 5) is 0. The van der Waals surface area contributed by atoms with Crippen LogP contribution < -0.4 is 5.73 Å². The van der Waals surface area contributed by atoms with Crippen LogP contribution in [0.25, 0.3) is 10.8 Å². The molecule has 0 spiro atoms. The van der Waals surface area contributed by atoms with E-state index in [1.165, 1.54) is 0 Å². The first-order valence-electron chi connectivity index (χ1n) is 7.65. The Morgan fingerprint density at radius 3 is 1.39 bits per heavy atom. The summed E-state index contributed by atoms with van der Waals surface area (Å²) >= 11 is 0. The van der Waals surface area contributed by atoms with Gasteiger partial charge in [-0.3, -0.25) is 0 Å². The minimum Gasteiger partial charge on any atom is -0.398 e. The lowest BCUT2D eigenvalue weighted by Gasteiger charge is -2.34. The maximum Gasteiger partial charge on any atom is 0.430 e. The number of hydrogen-bond acceptors (Lipinski definition) is 3. The van der Waals surface area contributed by atoms with Gasteiger partial charge in [0, 0.05) is 22.2 Å². The number of hydrogen-bond donors (Lipinski definition) is 3. The fraction of sp³-hybridized carbons (Fsp3) is 0.375. The van der Waals surface area contributed by atoms with Crippen LogP contribution >= 0.6 is 0 Å². The number of anilines is 1. The molecule has 31 heavy (non-hydrogen) atoms. The Labute approximate surface area is 163 Å². The van der Waals surface area contributed by atoms with Crippen molar-refractivity contribution in [3.8, 4) is 0 Å². The van der Waals surface area contributed by atoms with Crippen molar-refractivity contribution < 1.29 is 62.9 Å². The third-order valence-corrected chi connectivity index (χ3v) is 4.51. The molecule has 0 saturated heterocycles. The summed E-state index contributed by atoms with van der Waals surface area (Å²) in [6.45, 7) is 0. The number of benzene rings is 2. The molecule has 2 aromatic rings. The summed E-state index contributed by atoms with van der Waals surface area (Å²) < 4.78 is 156. The maximum atomic E-state index is 13.0. The van der Waals surface area contributed by atoms with Crippen LogP contribution in [-0.4, -0.2) is 34.9 Å². The summed E-state index contributed by atoms with van der Waals surface area (Å²) in [5.41, 5.74) is -10.7. The smallest absolute Gasteiger partial charge is 0.398 e. The average Bonchev–Trinajstić information content (AvgIpc) is 2.56. The van der Waals surface area contributed by atoms with Crippen molar-refractivity contribution in [1.29, 1.82) is 0 Å². The van der Waals surface area contributed by atoms with Gasteiger partial charge >= 0.3 is 24.7 Å². The van der Waals surface area contributed by atoms with Gasteiger partial charge in [0.05, 0.1) is 0 Å². The second-order valence-electron chi connectivity index (χ2n) is 6.37. The van der Waals surface area contributed by atoms with Gasteiger partial charge in [0.1, 0.15) is 0 Å². The van der Waals surface area contributed by atoms with E-state index in [0.717, 1.165) is 0 Å². The molecular formula is C16H9F12NO2. The molecule has 0 fully saturated rings. The highest BCUT2D eigenvalue weighted by Crippen LogP contribution is 2.53. The molecule has 2 rings (SSSR count). The minimum absolute atomic E-state index is 0.0102. The highest BCUT2D eigenvalue weighted by molar-refractivity contribution is 5.95. The summed E-state index contributed by atoms with van der Waals surface area (Å²) in [6, 6.07) is 0.558. The van der Waals surface area contributed by atoms with E-state index < -0.39 is 63.5 Å². The van der Waals surface area contributed by atoms with Crippen LogP contribution in [0.5, 0.6) is 0 Å². The number of nitrogens with two attached hydrogens (primary N) is 1. The van der Waals surface area contributed by atoms with Gasteiger partial charge in [-0.15, -0.1) is 0 Å². The van der Waals surface area contributed by atoms with Crippen LogP contribution in [-0.2, 0) is 11.2 Å². The fourth-order valence-electron chi connectivity index (χ4n) is 2.85. The SMILES string of the molecule is Nc1c(C(O)(C(F)(F)F)C(F)(F)F)ccc2cc(C(O)(C(F)(F)F)C(F)(F)F)ccc12. The Kier molecular flexibility index (Phi) is 5.44. The van der Waals surface area contributed by atoms with Crippen molar-refractivity contribution in [3.63, 3.8) is 0 Å². The maximum absolute atomic E-state index is 13.0. The molecule has 0 saturated carbocycles. The predicted molar refractivity (Wildman–Crippen MR) is 80.4 cm³/mol.